The Labute approximate surface area is 98.0 Å². The Balaban J connectivity index is 1.98. The molecule has 0 spiro atoms. The lowest BCUT2D eigenvalue weighted by molar-refractivity contribution is 0.116. The standard InChI is InChI=1S/C11H15BrN2O/c12-8-5-6-11(13-7-8)14-9-3-1-2-4-10(9)15/h5-7,9-10,15H,1-4H2,(H,13,14)/t9-,10-/m0/s1. The Kier molecular flexibility index (Phi) is 3.59. The fourth-order valence-electron chi connectivity index (χ4n) is 1.93. The van der Waals surface area contributed by atoms with Gasteiger partial charge in [0.05, 0.1) is 12.1 Å². The highest BCUT2D eigenvalue weighted by Gasteiger charge is 2.22. The molecule has 4 heteroatoms. The van der Waals surface area contributed by atoms with Gasteiger partial charge in [0, 0.05) is 10.7 Å². The van der Waals surface area contributed by atoms with Crippen LogP contribution in [0.1, 0.15) is 25.7 Å². The molecule has 1 aromatic heterocycles. The maximum Gasteiger partial charge on any atom is 0.126 e. The number of halogens is 1. The third-order valence-corrected chi connectivity index (χ3v) is 3.26. The van der Waals surface area contributed by atoms with Gasteiger partial charge < -0.3 is 10.4 Å². The van der Waals surface area contributed by atoms with Crippen LogP contribution in [-0.2, 0) is 0 Å². The molecule has 0 unspecified atom stereocenters. The van der Waals surface area contributed by atoms with Crippen molar-refractivity contribution in [3.05, 3.63) is 22.8 Å². The number of nitrogens with one attached hydrogen (secondary N) is 1. The van der Waals surface area contributed by atoms with Crippen molar-refractivity contribution < 1.29 is 5.11 Å². The minimum Gasteiger partial charge on any atom is -0.391 e. The number of anilines is 1. The smallest absolute Gasteiger partial charge is 0.126 e. The largest absolute Gasteiger partial charge is 0.391 e. The number of aliphatic hydroxyl groups is 1. The van der Waals surface area contributed by atoms with E-state index in [1.807, 2.05) is 12.1 Å². The van der Waals surface area contributed by atoms with Crippen molar-refractivity contribution in [1.82, 2.24) is 4.98 Å². The molecule has 1 heterocycles. The summed E-state index contributed by atoms with van der Waals surface area (Å²) < 4.78 is 0.970. The van der Waals surface area contributed by atoms with Crippen molar-refractivity contribution in [3.63, 3.8) is 0 Å². The van der Waals surface area contributed by atoms with Gasteiger partial charge in [-0.25, -0.2) is 4.98 Å². The summed E-state index contributed by atoms with van der Waals surface area (Å²) in [6.45, 7) is 0. The number of hydrogen-bond acceptors (Lipinski definition) is 3. The lowest BCUT2D eigenvalue weighted by atomic mass is 9.92. The number of rotatable bonds is 2. The fourth-order valence-corrected chi connectivity index (χ4v) is 2.17. The topological polar surface area (TPSA) is 45.1 Å². The highest BCUT2D eigenvalue weighted by Crippen LogP contribution is 2.21. The van der Waals surface area contributed by atoms with E-state index in [0.717, 1.165) is 29.6 Å². The van der Waals surface area contributed by atoms with Gasteiger partial charge in [0.25, 0.3) is 0 Å². The van der Waals surface area contributed by atoms with Crippen LogP contribution in [0.2, 0.25) is 0 Å². The molecule has 0 saturated heterocycles. The first-order chi connectivity index (χ1) is 7.25. The van der Waals surface area contributed by atoms with Crippen molar-refractivity contribution in [3.8, 4) is 0 Å². The maximum absolute atomic E-state index is 9.79. The van der Waals surface area contributed by atoms with Crippen LogP contribution in [0.15, 0.2) is 22.8 Å². The van der Waals surface area contributed by atoms with E-state index >= 15 is 0 Å². The molecule has 1 aliphatic rings. The third-order valence-electron chi connectivity index (χ3n) is 2.79. The Morgan fingerprint density at radius 2 is 2.13 bits per heavy atom. The van der Waals surface area contributed by atoms with E-state index in [1.165, 1.54) is 6.42 Å². The van der Waals surface area contributed by atoms with Gasteiger partial charge in [0.2, 0.25) is 0 Å². The average Bonchev–Trinajstić information content (AvgIpc) is 2.25. The van der Waals surface area contributed by atoms with E-state index in [9.17, 15) is 5.11 Å². The number of aliphatic hydroxyl groups excluding tert-OH is 1. The molecule has 3 nitrogen and oxygen atoms in total. The zero-order valence-corrected chi connectivity index (χ0v) is 10.1. The average molecular weight is 271 g/mol. The Hall–Kier alpha value is -0.610. The molecule has 0 radical (unpaired) electrons. The lowest BCUT2D eigenvalue weighted by Crippen LogP contribution is -2.36. The van der Waals surface area contributed by atoms with Crippen LogP contribution in [-0.4, -0.2) is 22.2 Å². The van der Waals surface area contributed by atoms with Crippen molar-refractivity contribution in [2.75, 3.05) is 5.32 Å². The summed E-state index contributed by atoms with van der Waals surface area (Å²) in [5, 5.41) is 13.1. The molecule has 0 aromatic carbocycles. The third kappa shape index (κ3) is 2.92. The van der Waals surface area contributed by atoms with E-state index in [4.69, 9.17) is 0 Å². The van der Waals surface area contributed by atoms with Crippen LogP contribution in [0.4, 0.5) is 5.82 Å². The van der Waals surface area contributed by atoms with E-state index in [0.29, 0.717) is 0 Å². The summed E-state index contributed by atoms with van der Waals surface area (Å²) in [6.07, 6.45) is 5.77. The minimum absolute atomic E-state index is 0.160. The van der Waals surface area contributed by atoms with Crippen molar-refractivity contribution >= 4 is 21.7 Å². The molecular weight excluding hydrogens is 256 g/mol. The molecule has 2 atom stereocenters. The van der Waals surface area contributed by atoms with Gasteiger partial charge in [-0.2, -0.15) is 0 Å². The van der Waals surface area contributed by atoms with Gasteiger partial charge in [-0.1, -0.05) is 12.8 Å². The predicted octanol–water partition coefficient (Wildman–Crippen LogP) is 2.56. The monoisotopic (exact) mass is 270 g/mol. The second-order valence-electron chi connectivity index (χ2n) is 3.96. The van der Waals surface area contributed by atoms with Crippen molar-refractivity contribution in [2.45, 2.75) is 37.8 Å². The highest BCUT2D eigenvalue weighted by atomic mass is 79.9. The van der Waals surface area contributed by atoms with E-state index < -0.39 is 0 Å². The molecule has 1 aliphatic carbocycles. The molecule has 0 amide bonds. The van der Waals surface area contributed by atoms with Crippen LogP contribution in [0.5, 0.6) is 0 Å². The van der Waals surface area contributed by atoms with Crippen molar-refractivity contribution in [1.29, 1.82) is 0 Å². The van der Waals surface area contributed by atoms with E-state index in [2.05, 4.69) is 26.2 Å². The second-order valence-corrected chi connectivity index (χ2v) is 4.88. The number of nitrogens with zero attached hydrogens (tertiary/aromatic N) is 1. The minimum atomic E-state index is -0.232. The SMILES string of the molecule is O[C@H]1CCCC[C@@H]1Nc1ccc(Br)cn1. The summed E-state index contributed by atoms with van der Waals surface area (Å²) in [5.74, 6) is 0.837. The van der Waals surface area contributed by atoms with Crippen molar-refractivity contribution in [2.24, 2.45) is 0 Å². The molecule has 82 valence electrons. The zero-order chi connectivity index (χ0) is 10.7. The Morgan fingerprint density at radius 3 is 2.80 bits per heavy atom. The van der Waals surface area contributed by atoms with Crippen LogP contribution >= 0.6 is 15.9 Å². The molecular formula is C11H15BrN2O. The molecule has 15 heavy (non-hydrogen) atoms. The zero-order valence-electron chi connectivity index (χ0n) is 8.49. The number of hydrogen-bond donors (Lipinski definition) is 2. The van der Waals surface area contributed by atoms with E-state index in [1.54, 1.807) is 6.20 Å². The molecule has 2 rings (SSSR count). The van der Waals surface area contributed by atoms with Crippen LogP contribution in [0, 0.1) is 0 Å². The molecule has 1 saturated carbocycles. The van der Waals surface area contributed by atoms with Crippen LogP contribution in [0.3, 0.4) is 0 Å². The second kappa shape index (κ2) is 4.94. The van der Waals surface area contributed by atoms with Crippen LogP contribution < -0.4 is 5.32 Å². The number of aromatic nitrogens is 1. The summed E-state index contributed by atoms with van der Waals surface area (Å²) in [4.78, 5) is 4.24. The first kappa shape index (κ1) is 10.9. The summed E-state index contributed by atoms with van der Waals surface area (Å²) in [5.41, 5.74) is 0. The molecule has 1 fully saturated rings. The van der Waals surface area contributed by atoms with Crippen LogP contribution in [0.25, 0.3) is 0 Å². The van der Waals surface area contributed by atoms with Gasteiger partial charge in [-0.15, -0.1) is 0 Å². The summed E-state index contributed by atoms with van der Waals surface area (Å²) in [7, 11) is 0. The lowest BCUT2D eigenvalue weighted by Gasteiger charge is -2.28. The Bertz CT molecular complexity index is 315. The normalized spacial score (nSPS) is 26.3. The van der Waals surface area contributed by atoms with Gasteiger partial charge >= 0.3 is 0 Å². The molecule has 1 aromatic rings. The summed E-state index contributed by atoms with van der Waals surface area (Å²) in [6, 6.07) is 4.03. The maximum atomic E-state index is 9.79. The van der Waals surface area contributed by atoms with Gasteiger partial charge in [0.1, 0.15) is 5.82 Å². The first-order valence-electron chi connectivity index (χ1n) is 5.32. The van der Waals surface area contributed by atoms with Gasteiger partial charge in [0.15, 0.2) is 0 Å². The molecule has 0 aliphatic heterocycles. The molecule has 0 bridgehead atoms. The molecule has 2 N–H and O–H groups in total. The van der Waals surface area contributed by atoms with Gasteiger partial charge in [-0.3, -0.25) is 0 Å². The predicted molar refractivity (Wildman–Crippen MR) is 63.8 cm³/mol. The fraction of sp³-hybridized carbons (Fsp3) is 0.545. The Morgan fingerprint density at radius 1 is 1.33 bits per heavy atom. The first-order valence-corrected chi connectivity index (χ1v) is 6.11. The highest BCUT2D eigenvalue weighted by molar-refractivity contribution is 9.10. The number of pyridine rings is 1. The quantitative estimate of drug-likeness (QED) is 0.869. The summed E-state index contributed by atoms with van der Waals surface area (Å²) >= 11 is 3.34. The van der Waals surface area contributed by atoms with E-state index in [-0.39, 0.29) is 12.1 Å². The van der Waals surface area contributed by atoms with Gasteiger partial charge in [-0.05, 0) is 40.9 Å².